The van der Waals surface area contributed by atoms with Gasteiger partial charge in [-0.2, -0.15) is 0 Å². The van der Waals surface area contributed by atoms with Crippen LogP contribution in [-0.4, -0.2) is 59.3 Å². The summed E-state index contributed by atoms with van der Waals surface area (Å²) < 4.78 is 17.1. The van der Waals surface area contributed by atoms with Crippen LogP contribution in [-0.2, 0) is 11.3 Å². The van der Waals surface area contributed by atoms with E-state index in [-0.39, 0.29) is 35.6 Å². The molecular weight excluding hydrogens is 484 g/mol. The summed E-state index contributed by atoms with van der Waals surface area (Å²) in [6.07, 6.45) is 2.47. The van der Waals surface area contributed by atoms with Crippen molar-refractivity contribution >= 4 is 23.6 Å². The van der Waals surface area contributed by atoms with E-state index in [9.17, 15) is 9.59 Å². The number of benzene rings is 1. The van der Waals surface area contributed by atoms with Crippen molar-refractivity contribution in [2.75, 3.05) is 20.3 Å². The van der Waals surface area contributed by atoms with Crippen LogP contribution in [0.3, 0.4) is 0 Å². The molecule has 186 valence electrons. The van der Waals surface area contributed by atoms with Crippen molar-refractivity contribution in [3.8, 4) is 23.0 Å². The van der Waals surface area contributed by atoms with Crippen molar-refractivity contribution < 1.29 is 23.8 Å². The molecule has 3 aromatic rings. The van der Waals surface area contributed by atoms with E-state index in [1.54, 1.807) is 29.3 Å². The zero-order chi connectivity index (χ0) is 25.1. The molecule has 2 aliphatic rings. The highest BCUT2D eigenvalue weighted by Crippen LogP contribution is 2.35. The molecule has 4 heterocycles. The molecule has 0 unspecified atom stereocenters. The number of halogens is 1. The first-order valence-electron chi connectivity index (χ1n) is 11.6. The molecule has 0 aliphatic carbocycles. The number of nitrogens with one attached hydrogen (secondary N) is 1. The third-order valence-electron chi connectivity index (χ3n) is 6.26. The number of aromatic nitrogens is 2. The average Bonchev–Trinajstić information content (AvgIpc) is 3.28. The minimum absolute atomic E-state index is 0.0251. The number of methoxy groups -OCH3 is 1. The fourth-order valence-corrected chi connectivity index (χ4v) is 4.53. The van der Waals surface area contributed by atoms with E-state index in [1.807, 2.05) is 30.3 Å². The van der Waals surface area contributed by atoms with E-state index in [2.05, 4.69) is 15.3 Å². The fourth-order valence-electron chi connectivity index (χ4n) is 4.40. The molecule has 0 saturated carbocycles. The molecule has 1 aromatic carbocycles. The summed E-state index contributed by atoms with van der Waals surface area (Å²) in [5, 5.41) is 3.53. The number of rotatable bonds is 7. The van der Waals surface area contributed by atoms with Gasteiger partial charge in [0.25, 0.3) is 5.91 Å². The summed E-state index contributed by atoms with van der Waals surface area (Å²) >= 11 is 5.95. The van der Waals surface area contributed by atoms with E-state index in [0.717, 1.165) is 5.56 Å². The lowest BCUT2D eigenvalue weighted by Crippen LogP contribution is -2.44. The van der Waals surface area contributed by atoms with E-state index in [0.29, 0.717) is 54.7 Å². The molecule has 9 nitrogen and oxygen atoms in total. The predicted octanol–water partition coefficient (Wildman–Crippen LogP) is 4.10. The van der Waals surface area contributed by atoms with Gasteiger partial charge >= 0.3 is 6.09 Å². The largest absolute Gasteiger partial charge is 0.488 e. The Labute approximate surface area is 213 Å². The van der Waals surface area contributed by atoms with Crippen LogP contribution in [0.15, 0.2) is 54.7 Å². The molecule has 0 spiro atoms. The van der Waals surface area contributed by atoms with Crippen LogP contribution < -0.4 is 14.8 Å². The maximum atomic E-state index is 13.2. The summed E-state index contributed by atoms with van der Waals surface area (Å²) in [5.74, 6) is 0.243. The van der Waals surface area contributed by atoms with Gasteiger partial charge in [-0.05, 0) is 29.8 Å². The lowest BCUT2D eigenvalue weighted by molar-refractivity contribution is 0.0913. The number of pyridine rings is 2. The molecule has 2 atom stereocenters. The van der Waals surface area contributed by atoms with Crippen molar-refractivity contribution in [3.05, 3.63) is 70.9 Å². The van der Waals surface area contributed by atoms with Gasteiger partial charge in [0, 0.05) is 43.2 Å². The Morgan fingerprint density at radius 2 is 2.08 bits per heavy atom. The minimum atomic E-state index is -0.351. The lowest BCUT2D eigenvalue weighted by Gasteiger charge is -2.32. The van der Waals surface area contributed by atoms with E-state index in [4.69, 9.17) is 25.8 Å². The number of cyclic esters (lactones) is 1. The van der Waals surface area contributed by atoms with Crippen molar-refractivity contribution in [3.63, 3.8) is 0 Å². The maximum absolute atomic E-state index is 13.2. The first kappa shape index (κ1) is 23.9. The van der Waals surface area contributed by atoms with Gasteiger partial charge in [-0.1, -0.05) is 29.8 Å². The molecule has 36 heavy (non-hydrogen) atoms. The van der Waals surface area contributed by atoms with Gasteiger partial charge in [0.2, 0.25) is 5.88 Å². The third kappa shape index (κ3) is 5.06. The zero-order valence-corrected chi connectivity index (χ0v) is 20.4. The molecule has 5 rings (SSSR count). The normalized spacial score (nSPS) is 18.8. The Hall–Kier alpha value is -3.85. The predicted molar refractivity (Wildman–Crippen MR) is 132 cm³/mol. The van der Waals surface area contributed by atoms with Crippen LogP contribution in [0.25, 0.3) is 11.4 Å². The van der Waals surface area contributed by atoms with Gasteiger partial charge in [-0.25, -0.2) is 9.78 Å². The number of nitrogens with zero attached hydrogens (tertiary/aromatic N) is 3. The van der Waals surface area contributed by atoms with Gasteiger partial charge in [-0.15, -0.1) is 0 Å². The lowest BCUT2D eigenvalue weighted by atomic mass is 10.0. The van der Waals surface area contributed by atoms with Gasteiger partial charge < -0.3 is 24.4 Å². The number of ether oxygens (including phenoxy) is 3. The van der Waals surface area contributed by atoms with E-state index in [1.165, 1.54) is 7.11 Å². The number of piperidine rings is 1. The molecule has 0 bridgehead atoms. The van der Waals surface area contributed by atoms with Crippen LogP contribution in [0.5, 0.6) is 11.6 Å². The molecule has 0 radical (unpaired) electrons. The molecule has 2 aliphatic heterocycles. The molecule has 1 N–H and O–H groups in total. The summed E-state index contributed by atoms with van der Waals surface area (Å²) in [6, 6.07) is 14.3. The molecule has 10 heteroatoms. The van der Waals surface area contributed by atoms with Gasteiger partial charge in [0.1, 0.15) is 29.7 Å². The Balaban J connectivity index is 1.42. The average molecular weight is 509 g/mol. The van der Waals surface area contributed by atoms with Gasteiger partial charge in [0.05, 0.1) is 18.8 Å². The van der Waals surface area contributed by atoms with Crippen LogP contribution in [0.1, 0.15) is 28.8 Å². The Kier molecular flexibility index (Phi) is 6.90. The Morgan fingerprint density at radius 1 is 1.25 bits per heavy atom. The summed E-state index contributed by atoms with van der Waals surface area (Å²) in [4.78, 5) is 35.8. The second-order valence-corrected chi connectivity index (χ2v) is 9.04. The molecule has 2 aromatic heterocycles. The fraction of sp³-hybridized carbons (Fsp3) is 0.308. The highest BCUT2D eigenvalue weighted by molar-refractivity contribution is 6.30. The van der Waals surface area contributed by atoms with Crippen molar-refractivity contribution in [1.29, 1.82) is 0 Å². The summed E-state index contributed by atoms with van der Waals surface area (Å²) in [7, 11) is 1.47. The van der Waals surface area contributed by atoms with Crippen molar-refractivity contribution in [2.45, 2.75) is 31.5 Å². The quantitative estimate of drug-likeness (QED) is 0.512. The van der Waals surface area contributed by atoms with Gasteiger partial charge in [0.15, 0.2) is 0 Å². The van der Waals surface area contributed by atoms with E-state index < -0.39 is 0 Å². The molecule has 2 saturated heterocycles. The standard InChI is InChI=1S/C26H25ClN4O5/c1-34-25-20(24(32)29-14-16-5-7-17(27)8-6-16)13-22(23(30-25)21-4-2-3-10-28-21)36-19-9-11-31-18(12-19)15-35-26(31)33/h2-8,10,13,18-19H,9,11-12,14-15H2,1H3,(H,29,32)/t18-,19-/m0/s1. The Bertz CT molecular complexity index is 1260. The first-order chi connectivity index (χ1) is 17.5. The number of hydrogen-bond acceptors (Lipinski definition) is 7. The number of carbonyl (C=O) groups is 2. The SMILES string of the molecule is COc1nc(-c2ccccn2)c(O[C@H]2CCN3C(=O)OC[C@@H]3C2)cc1C(=O)NCc1ccc(Cl)cc1. The Morgan fingerprint density at radius 3 is 2.83 bits per heavy atom. The van der Waals surface area contributed by atoms with Crippen molar-refractivity contribution in [2.24, 2.45) is 0 Å². The first-order valence-corrected chi connectivity index (χ1v) is 12.0. The number of hydrogen-bond donors (Lipinski definition) is 1. The number of amides is 2. The minimum Gasteiger partial charge on any atom is -0.488 e. The molecular formula is C26H25ClN4O5. The maximum Gasteiger partial charge on any atom is 0.410 e. The highest BCUT2D eigenvalue weighted by atomic mass is 35.5. The topological polar surface area (TPSA) is 103 Å². The van der Waals surface area contributed by atoms with Crippen molar-refractivity contribution in [1.82, 2.24) is 20.2 Å². The monoisotopic (exact) mass is 508 g/mol. The van der Waals surface area contributed by atoms with Crippen LogP contribution in [0.4, 0.5) is 4.79 Å². The van der Waals surface area contributed by atoms with Crippen LogP contribution in [0.2, 0.25) is 5.02 Å². The summed E-state index contributed by atoms with van der Waals surface area (Å²) in [5.41, 5.74) is 2.22. The summed E-state index contributed by atoms with van der Waals surface area (Å²) in [6.45, 7) is 1.21. The second kappa shape index (κ2) is 10.4. The highest BCUT2D eigenvalue weighted by Gasteiger charge is 2.39. The second-order valence-electron chi connectivity index (χ2n) is 8.60. The molecule has 2 amide bonds. The van der Waals surface area contributed by atoms with E-state index >= 15 is 0 Å². The van der Waals surface area contributed by atoms with Gasteiger partial charge in [-0.3, -0.25) is 9.78 Å². The van der Waals surface area contributed by atoms with Crippen LogP contribution in [0, 0.1) is 0 Å². The number of carbonyl (C=O) groups excluding carboxylic acids is 2. The zero-order valence-electron chi connectivity index (χ0n) is 19.6. The molecule has 2 fully saturated rings. The smallest absolute Gasteiger partial charge is 0.410 e. The van der Waals surface area contributed by atoms with Crippen LogP contribution >= 0.6 is 11.6 Å². The number of fused-ring (bicyclic) bond motifs is 1. The third-order valence-corrected chi connectivity index (χ3v) is 6.51.